The fraction of sp³-hybridized carbons (Fsp3) is 0.500. The van der Waals surface area contributed by atoms with E-state index in [2.05, 4.69) is 5.32 Å². The number of methoxy groups -OCH3 is 1. The van der Waals surface area contributed by atoms with E-state index in [0.29, 0.717) is 49.1 Å². The molecule has 1 aromatic carbocycles. The summed E-state index contributed by atoms with van der Waals surface area (Å²) in [5.74, 6) is -0.867. The average Bonchev–Trinajstić information content (AvgIpc) is 2.57. The third kappa shape index (κ3) is 5.01. The number of nitrogens with zero attached hydrogens (tertiary/aromatic N) is 1. The van der Waals surface area contributed by atoms with Gasteiger partial charge in [0.25, 0.3) is 0 Å². The predicted molar refractivity (Wildman–Crippen MR) is 89.8 cm³/mol. The Bertz CT molecular complexity index is 596. The Hall–Kier alpha value is -1.99. The maximum absolute atomic E-state index is 12.3. The summed E-state index contributed by atoms with van der Waals surface area (Å²) in [6, 6.07) is 4.62. The van der Waals surface area contributed by atoms with Crippen molar-refractivity contribution in [3.63, 3.8) is 0 Å². The van der Waals surface area contributed by atoms with Gasteiger partial charge in [-0.15, -0.1) is 0 Å². The van der Waals surface area contributed by atoms with E-state index in [4.69, 9.17) is 26.2 Å². The number of likely N-dealkylation sites (tertiary alicyclic amines) is 1. The number of rotatable bonds is 6. The van der Waals surface area contributed by atoms with E-state index < -0.39 is 11.9 Å². The van der Waals surface area contributed by atoms with Gasteiger partial charge in [0.05, 0.1) is 17.5 Å². The largest absolute Gasteiger partial charge is 0.490 e. The molecule has 0 bridgehead atoms. The van der Waals surface area contributed by atoms with Crippen LogP contribution in [0.25, 0.3) is 0 Å². The van der Waals surface area contributed by atoms with Gasteiger partial charge in [-0.25, -0.2) is 4.79 Å². The number of nitrogens with one attached hydrogen (secondary N) is 1. The lowest BCUT2D eigenvalue weighted by molar-refractivity contribution is -0.143. The van der Waals surface area contributed by atoms with E-state index in [-0.39, 0.29) is 12.6 Å². The summed E-state index contributed by atoms with van der Waals surface area (Å²) in [4.78, 5) is 24.9. The van der Waals surface area contributed by atoms with Gasteiger partial charge >= 0.3 is 12.0 Å². The topological polar surface area (TPSA) is 88.1 Å². The maximum atomic E-state index is 12.3. The minimum atomic E-state index is -0.867. The lowest BCUT2D eigenvalue weighted by Crippen LogP contribution is -2.44. The molecule has 24 heavy (non-hydrogen) atoms. The molecule has 132 valence electrons. The number of hydrogen-bond donors (Lipinski definition) is 2. The Labute approximate surface area is 145 Å². The second kappa shape index (κ2) is 8.75. The van der Waals surface area contributed by atoms with Crippen LogP contribution < -0.4 is 10.1 Å². The fourth-order valence-electron chi connectivity index (χ4n) is 2.50. The van der Waals surface area contributed by atoms with Crippen molar-refractivity contribution in [2.45, 2.75) is 12.8 Å². The zero-order chi connectivity index (χ0) is 17.5. The molecule has 0 spiro atoms. The molecule has 0 aliphatic carbocycles. The minimum absolute atomic E-state index is 0.215. The molecule has 0 saturated carbocycles. The van der Waals surface area contributed by atoms with Gasteiger partial charge in [-0.05, 0) is 31.0 Å². The number of urea groups is 1. The molecule has 0 radical (unpaired) electrons. The van der Waals surface area contributed by atoms with Crippen LogP contribution in [0.1, 0.15) is 12.8 Å². The van der Waals surface area contributed by atoms with Gasteiger partial charge < -0.3 is 24.8 Å². The smallest absolute Gasteiger partial charge is 0.321 e. The minimum Gasteiger partial charge on any atom is -0.490 e. The fourth-order valence-corrected chi connectivity index (χ4v) is 2.73. The summed E-state index contributed by atoms with van der Waals surface area (Å²) in [6.45, 7) is 1.59. The van der Waals surface area contributed by atoms with E-state index >= 15 is 0 Å². The lowest BCUT2D eigenvalue weighted by atomic mass is 9.99. The van der Waals surface area contributed by atoms with Crippen molar-refractivity contribution in [3.8, 4) is 5.75 Å². The molecule has 2 amide bonds. The zero-order valence-electron chi connectivity index (χ0n) is 13.5. The first-order valence-corrected chi connectivity index (χ1v) is 8.09. The van der Waals surface area contributed by atoms with Crippen molar-refractivity contribution in [2.24, 2.45) is 5.92 Å². The monoisotopic (exact) mass is 356 g/mol. The Morgan fingerprint density at radius 1 is 1.42 bits per heavy atom. The lowest BCUT2D eigenvalue weighted by Gasteiger charge is -2.30. The van der Waals surface area contributed by atoms with E-state index in [1.807, 2.05) is 0 Å². The highest BCUT2D eigenvalue weighted by Crippen LogP contribution is 2.28. The van der Waals surface area contributed by atoms with Crippen LogP contribution in [0.3, 0.4) is 0 Å². The second-order valence-corrected chi connectivity index (χ2v) is 5.95. The second-order valence-electron chi connectivity index (χ2n) is 5.54. The number of ether oxygens (including phenoxy) is 2. The molecule has 1 aliphatic heterocycles. The molecule has 1 aromatic rings. The molecule has 2 rings (SSSR count). The van der Waals surface area contributed by atoms with E-state index in [1.165, 1.54) is 4.90 Å². The number of carboxylic acids is 1. The van der Waals surface area contributed by atoms with Gasteiger partial charge in [-0.2, -0.15) is 0 Å². The van der Waals surface area contributed by atoms with Crippen molar-refractivity contribution in [1.29, 1.82) is 0 Å². The third-order valence-electron chi connectivity index (χ3n) is 3.79. The summed E-state index contributed by atoms with van der Waals surface area (Å²) < 4.78 is 10.3. The SMILES string of the molecule is COCCOc1ccc(NC(=O)N2CCCC(C(=O)O)C2)cc1Cl. The molecule has 1 aliphatic rings. The molecule has 1 heterocycles. The molecule has 2 N–H and O–H groups in total. The van der Waals surface area contributed by atoms with Crippen molar-refractivity contribution in [2.75, 3.05) is 38.7 Å². The Balaban J connectivity index is 1.94. The van der Waals surface area contributed by atoms with Gasteiger partial charge in [0.1, 0.15) is 12.4 Å². The molecule has 0 aromatic heterocycles. The molecule has 1 fully saturated rings. The van der Waals surface area contributed by atoms with Gasteiger partial charge in [0.15, 0.2) is 0 Å². The summed E-state index contributed by atoms with van der Waals surface area (Å²) in [5, 5.41) is 12.2. The highest BCUT2D eigenvalue weighted by molar-refractivity contribution is 6.32. The van der Waals surface area contributed by atoms with Gasteiger partial charge in [0, 0.05) is 25.9 Å². The standard InChI is InChI=1S/C16H21ClN2O5/c1-23-7-8-24-14-5-4-12(9-13(14)17)18-16(22)19-6-2-3-11(10-19)15(20)21/h4-5,9,11H,2-3,6-8,10H2,1H3,(H,18,22)(H,20,21). The van der Waals surface area contributed by atoms with E-state index in [1.54, 1.807) is 25.3 Å². The Kier molecular flexibility index (Phi) is 6.69. The average molecular weight is 357 g/mol. The summed E-state index contributed by atoms with van der Waals surface area (Å²) in [6.07, 6.45) is 1.27. The summed E-state index contributed by atoms with van der Waals surface area (Å²) in [5.41, 5.74) is 0.529. The number of carbonyl (C=O) groups is 2. The highest BCUT2D eigenvalue weighted by Gasteiger charge is 2.28. The third-order valence-corrected chi connectivity index (χ3v) is 4.08. The molecule has 1 unspecified atom stereocenters. The Morgan fingerprint density at radius 2 is 2.21 bits per heavy atom. The number of halogens is 1. The van der Waals surface area contributed by atoms with Crippen molar-refractivity contribution < 1.29 is 24.2 Å². The van der Waals surface area contributed by atoms with Gasteiger partial charge in [-0.1, -0.05) is 11.6 Å². The van der Waals surface area contributed by atoms with E-state index in [9.17, 15) is 9.59 Å². The van der Waals surface area contributed by atoms with Crippen LogP contribution in [0.15, 0.2) is 18.2 Å². The number of hydrogen-bond acceptors (Lipinski definition) is 4. The van der Waals surface area contributed by atoms with Gasteiger partial charge in [0.2, 0.25) is 0 Å². The number of amides is 2. The number of anilines is 1. The van der Waals surface area contributed by atoms with Crippen LogP contribution >= 0.6 is 11.6 Å². The van der Waals surface area contributed by atoms with Crippen LogP contribution in [-0.2, 0) is 9.53 Å². The van der Waals surface area contributed by atoms with Crippen LogP contribution in [0.2, 0.25) is 5.02 Å². The molecule has 1 atom stereocenters. The maximum Gasteiger partial charge on any atom is 0.321 e. The van der Waals surface area contributed by atoms with Crippen molar-refractivity contribution in [3.05, 3.63) is 23.2 Å². The van der Waals surface area contributed by atoms with Crippen LogP contribution in [0.5, 0.6) is 5.75 Å². The number of aliphatic carboxylic acids is 1. The first-order valence-electron chi connectivity index (χ1n) is 7.71. The van der Waals surface area contributed by atoms with Gasteiger partial charge in [-0.3, -0.25) is 4.79 Å². The quantitative estimate of drug-likeness (QED) is 0.765. The number of carboxylic acid groups (broad SMARTS) is 1. The zero-order valence-corrected chi connectivity index (χ0v) is 14.2. The molecule has 7 nitrogen and oxygen atoms in total. The van der Waals surface area contributed by atoms with Crippen LogP contribution in [-0.4, -0.2) is 55.4 Å². The van der Waals surface area contributed by atoms with Crippen molar-refractivity contribution >= 4 is 29.3 Å². The summed E-state index contributed by atoms with van der Waals surface area (Å²) >= 11 is 6.13. The van der Waals surface area contributed by atoms with Crippen LogP contribution in [0, 0.1) is 5.92 Å². The molecule has 1 saturated heterocycles. The highest BCUT2D eigenvalue weighted by atomic mass is 35.5. The van der Waals surface area contributed by atoms with Crippen LogP contribution in [0.4, 0.5) is 10.5 Å². The molecular weight excluding hydrogens is 336 g/mol. The first-order chi connectivity index (χ1) is 11.5. The van der Waals surface area contributed by atoms with Crippen molar-refractivity contribution in [1.82, 2.24) is 4.90 Å². The first kappa shape index (κ1) is 18.4. The Morgan fingerprint density at radius 3 is 2.88 bits per heavy atom. The van der Waals surface area contributed by atoms with E-state index in [0.717, 1.165) is 0 Å². The molecular formula is C16H21ClN2O5. The number of carbonyl (C=O) groups excluding carboxylic acids is 1. The number of benzene rings is 1. The predicted octanol–water partition coefficient (Wildman–Crippen LogP) is 2.69. The summed E-state index contributed by atoms with van der Waals surface area (Å²) in [7, 11) is 1.58. The number of piperidine rings is 1. The molecule has 8 heteroatoms. The normalized spacial score (nSPS) is 17.4.